The number of nitrogens with one attached hydrogen (secondary N) is 1. The third kappa shape index (κ3) is 3.10. The standard InChI is InChI=1S/C7H12N4O2/c1-4(9-5(2)12)3-6-10-11-7(8)13-6/h4H,3H2,1-2H3,(H2,8,11)(H,9,12). The topological polar surface area (TPSA) is 94.0 Å². The molecule has 72 valence electrons. The zero-order valence-corrected chi connectivity index (χ0v) is 7.57. The smallest absolute Gasteiger partial charge is 0.312 e. The second kappa shape index (κ2) is 3.88. The molecule has 0 aliphatic rings. The molecule has 0 saturated heterocycles. The summed E-state index contributed by atoms with van der Waals surface area (Å²) in [5, 5.41) is 9.86. The second-order valence-electron chi connectivity index (χ2n) is 2.84. The van der Waals surface area contributed by atoms with Crippen LogP contribution in [0.15, 0.2) is 4.42 Å². The van der Waals surface area contributed by atoms with Crippen molar-refractivity contribution < 1.29 is 9.21 Å². The summed E-state index contributed by atoms with van der Waals surface area (Å²) < 4.78 is 4.94. The SMILES string of the molecule is CC(=O)NC(C)Cc1nnc(N)o1. The molecule has 1 rings (SSSR count). The van der Waals surface area contributed by atoms with E-state index in [2.05, 4.69) is 15.5 Å². The Bertz CT molecular complexity index is 296. The van der Waals surface area contributed by atoms with E-state index >= 15 is 0 Å². The van der Waals surface area contributed by atoms with Crippen LogP contribution >= 0.6 is 0 Å². The van der Waals surface area contributed by atoms with Crippen LogP contribution < -0.4 is 11.1 Å². The molecule has 0 aliphatic carbocycles. The van der Waals surface area contributed by atoms with Crippen molar-refractivity contribution in [3.8, 4) is 0 Å². The molecule has 0 fully saturated rings. The first kappa shape index (κ1) is 9.50. The van der Waals surface area contributed by atoms with E-state index in [9.17, 15) is 4.79 Å². The fourth-order valence-electron chi connectivity index (χ4n) is 1.01. The van der Waals surface area contributed by atoms with Gasteiger partial charge in [0, 0.05) is 19.4 Å². The Morgan fingerprint density at radius 1 is 1.69 bits per heavy atom. The van der Waals surface area contributed by atoms with Crippen LogP contribution in [0.1, 0.15) is 19.7 Å². The Labute approximate surface area is 75.5 Å². The summed E-state index contributed by atoms with van der Waals surface area (Å²) in [5.41, 5.74) is 5.23. The number of carbonyl (C=O) groups is 1. The van der Waals surface area contributed by atoms with E-state index in [1.54, 1.807) is 0 Å². The minimum absolute atomic E-state index is 0.0302. The first-order valence-electron chi connectivity index (χ1n) is 3.93. The molecule has 0 saturated carbocycles. The van der Waals surface area contributed by atoms with Gasteiger partial charge < -0.3 is 15.5 Å². The fourth-order valence-corrected chi connectivity index (χ4v) is 1.01. The largest absolute Gasteiger partial charge is 0.408 e. The van der Waals surface area contributed by atoms with Gasteiger partial charge in [-0.05, 0) is 6.92 Å². The zero-order chi connectivity index (χ0) is 9.84. The third-order valence-electron chi connectivity index (χ3n) is 1.41. The van der Waals surface area contributed by atoms with Gasteiger partial charge in [-0.3, -0.25) is 4.79 Å². The highest BCUT2D eigenvalue weighted by molar-refractivity contribution is 5.73. The summed E-state index contributed by atoms with van der Waals surface area (Å²) in [6.45, 7) is 3.31. The van der Waals surface area contributed by atoms with E-state index in [0.29, 0.717) is 12.3 Å². The van der Waals surface area contributed by atoms with E-state index < -0.39 is 0 Å². The summed E-state index contributed by atoms with van der Waals surface area (Å²) in [6, 6.07) is 0.0161. The molecule has 0 aromatic carbocycles. The maximum atomic E-state index is 10.6. The third-order valence-corrected chi connectivity index (χ3v) is 1.41. The lowest BCUT2D eigenvalue weighted by Crippen LogP contribution is -2.32. The highest BCUT2D eigenvalue weighted by atomic mass is 16.4. The van der Waals surface area contributed by atoms with Crippen LogP contribution in [-0.4, -0.2) is 22.1 Å². The molecule has 3 N–H and O–H groups in total. The molecule has 1 atom stereocenters. The van der Waals surface area contributed by atoms with Crippen molar-refractivity contribution in [2.75, 3.05) is 5.73 Å². The van der Waals surface area contributed by atoms with Crippen molar-refractivity contribution in [2.24, 2.45) is 0 Å². The van der Waals surface area contributed by atoms with Gasteiger partial charge in [-0.25, -0.2) is 0 Å². The molecule has 1 amide bonds. The lowest BCUT2D eigenvalue weighted by molar-refractivity contribution is -0.119. The summed E-state index contributed by atoms with van der Waals surface area (Å²) in [4.78, 5) is 10.6. The van der Waals surface area contributed by atoms with E-state index in [4.69, 9.17) is 10.2 Å². The Kier molecular flexibility index (Phi) is 2.84. The molecule has 6 nitrogen and oxygen atoms in total. The van der Waals surface area contributed by atoms with Crippen LogP contribution in [-0.2, 0) is 11.2 Å². The molecule has 0 radical (unpaired) electrons. The van der Waals surface area contributed by atoms with E-state index in [1.165, 1.54) is 6.92 Å². The van der Waals surface area contributed by atoms with Gasteiger partial charge in [-0.1, -0.05) is 5.10 Å². The maximum Gasteiger partial charge on any atom is 0.312 e. The van der Waals surface area contributed by atoms with Crippen LogP contribution in [0.4, 0.5) is 6.01 Å². The van der Waals surface area contributed by atoms with Gasteiger partial charge in [0.25, 0.3) is 0 Å². The Hall–Kier alpha value is -1.59. The van der Waals surface area contributed by atoms with Gasteiger partial charge in [0.15, 0.2) is 0 Å². The maximum absolute atomic E-state index is 10.6. The number of nitrogens with zero attached hydrogens (tertiary/aromatic N) is 2. The van der Waals surface area contributed by atoms with Crippen molar-refractivity contribution in [1.29, 1.82) is 0 Å². The average molecular weight is 184 g/mol. The molecule has 1 heterocycles. The van der Waals surface area contributed by atoms with Crippen molar-refractivity contribution in [2.45, 2.75) is 26.3 Å². The monoisotopic (exact) mass is 184 g/mol. The molecule has 13 heavy (non-hydrogen) atoms. The number of nitrogens with two attached hydrogens (primary N) is 1. The molecule has 1 aromatic heterocycles. The molecule has 1 aromatic rings. The van der Waals surface area contributed by atoms with Crippen molar-refractivity contribution in [1.82, 2.24) is 15.5 Å². The number of anilines is 1. The zero-order valence-electron chi connectivity index (χ0n) is 7.57. The van der Waals surface area contributed by atoms with Crippen LogP contribution in [0.3, 0.4) is 0 Å². The van der Waals surface area contributed by atoms with E-state index in [1.807, 2.05) is 6.92 Å². The Morgan fingerprint density at radius 3 is 2.85 bits per heavy atom. The van der Waals surface area contributed by atoms with Crippen LogP contribution in [0.2, 0.25) is 0 Å². The molecule has 0 aliphatic heterocycles. The van der Waals surface area contributed by atoms with Crippen LogP contribution in [0, 0.1) is 0 Å². The highest BCUT2D eigenvalue weighted by Gasteiger charge is 2.09. The van der Waals surface area contributed by atoms with Crippen LogP contribution in [0.5, 0.6) is 0 Å². The highest BCUT2D eigenvalue weighted by Crippen LogP contribution is 2.03. The Morgan fingerprint density at radius 2 is 2.38 bits per heavy atom. The van der Waals surface area contributed by atoms with E-state index in [0.717, 1.165) is 0 Å². The summed E-state index contributed by atoms with van der Waals surface area (Å²) in [6.07, 6.45) is 0.490. The predicted molar refractivity (Wildman–Crippen MR) is 45.7 cm³/mol. The van der Waals surface area contributed by atoms with Gasteiger partial charge in [0.1, 0.15) is 0 Å². The molecule has 6 heteroatoms. The van der Waals surface area contributed by atoms with Gasteiger partial charge in [-0.15, -0.1) is 5.10 Å². The lowest BCUT2D eigenvalue weighted by atomic mass is 10.2. The quantitative estimate of drug-likeness (QED) is 0.673. The van der Waals surface area contributed by atoms with Gasteiger partial charge in [0.2, 0.25) is 11.8 Å². The van der Waals surface area contributed by atoms with Crippen molar-refractivity contribution in [3.63, 3.8) is 0 Å². The first-order chi connectivity index (χ1) is 6.08. The van der Waals surface area contributed by atoms with Crippen molar-refractivity contribution >= 4 is 11.9 Å². The number of carbonyl (C=O) groups excluding carboxylic acids is 1. The number of hydrogen-bond donors (Lipinski definition) is 2. The molecule has 0 bridgehead atoms. The molecular formula is C7H12N4O2. The minimum atomic E-state index is -0.0833. The summed E-state index contributed by atoms with van der Waals surface area (Å²) in [5.74, 6) is 0.346. The number of rotatable bonds is 3. The van der Waals surface area contributed by atoms with Crippen LogP contribution in [0.25, 0.3) is 0 Å². The number of aromatic nitrogens is 2. The lowest BCUT2D eigenvalue weighted by Gasteiger charge is -2.08. The summed E-state index contributed by atoms with van der Waals surface area (Å²) in [7, 11) is 0. The van der Waals surface area contributed by atoms with E-state index in [-0.39, 0.29) is 18.0 Å². The first-order valence-corrected chi connectivity index (χ1v) is 3.93. The van der Waals surface area contributed by atoms with Gasteiger partial charge in [0.05, 0.1) is 0 Å². The molecule has 0 spiro atoms. The number of amides is 1. The normalized spacial score (nSPS) is 12.5. The van der Waals surface area contributed by atoms with Crippen molar-refractivity contribution in [3.05, 3.63) is 5.89 Å². The van der Waals surface area contributed by atoms with Gasteiger partial charge in [-0.2, -0.15) is 0 Å². The Balaban J connectivity index is 2.44. The number of hydrogen-bond acceptors (Lipinski definition) is 5. The summed E-state index contributed by atoms with van der Waals surface area (Å²) >= 11 is 0. The second-order valence-corrected chi connectivity index (χ2v) is 2.84. The number of nitrogen functional groups attached to an aromatic ring is 1. The average Bonchev–Trinajstić information content (AvgIpc) is 2.33. The molecular weight excluding hydrogens is 172 g/mol. The minimum Gasteiger partial charge on any atom is -0.408 e. The fraction of sp³-hybridized carbons (Fsp3) is 0.571. The van der Waals surface area contributed by atoms with Gasteiger partial charge >= 0.3 is 6.01 Å². The predicted octanol–water partition coefficient (Wildman–Crippen LogP) is -0.281. The molecule has 1 unspecified atom stereocenters.